The Bertz CT molecular complexity index is 842. The lowest BCUT2D eigenvalue weighted by Gasteiger charge is -2.30. The van der Waals surface area contributed by atoms with Crippen molar-refractivity contribution in [2.45, 2.75) is 19.8 Å². The van der Waals surface area contributed by atoms with Crippen LogP contribution in [-0.2, 0) is 33.4 Å². The van der Waals surface area contributed by atoms with Crippen LogP contribution in [0.1, 0.15) is 19.8 Å². The molecule has 1 amide bonds. The SMILES string of the molecule is CCOC(=O)C1CCN(C(=O)COC(=O)C2=C(Nc3ccccc3)OCC2=O)CC1. The number of Topliss-reactive ketones (excluding diaryl/α,β-unsaturated/α-hetero) is 1. The van der Waals surface area contributed by atoms with E-state index in [0.717, 1.165) is 0 Å². The van der Waals surface area contributed by atoms with Gasteiger partial charge in [0.05, 0.1) is 12.5 Å². The van der Waals surface area contributed by atoms with Crippen molar-refractivity contribution in [1.29, 1.82) is 0 Å². The van der Waals surface area contributed by atoms with Crippen molar-refractivity contribution in [1.82, 2.24) is 4.90 Å². The second-order valence-corrected chi connectivity index (χ2v) is 6.89. The molecule has 1 saturated heterocycles. The highest BCUT2D eigenvalue weighted by Crippen LogP contribution is 2.21. The molecule has 0 aromatic heterocycles. The average molecular weight is 416 g/mol. The summed E-state index contributed by atoms with van der Waals surface area (Å²) in [6.45, 7) is 2.08. The summed E-state index contributed by atoms with van der Waals surface area (Å²) in [5.74, 6) is -2.26. The molecule has 1 fully saturated rings. The van der Waals surface area contributed by atoms with Crippen molar-refractivity contribution in [3.63, 3.8) is 0 Å². The first-order valence-electron chi connectivity index (χ1n) is 9.83. The summed E-state index contributed by atoms with van der Waals surface area (Å²) in [4.78, 5) is 50.1. The summed E-state index contributed by atoms with van der Waals surface area (Å²) >= 11 is 0. The minimum absolute atomic E-state index is 0.0129. The highest BCUT2D eigenvalue weighted by Gasteiger charge is 2.34. The number of carbonyl (C=O) groups is 4. The van der Waals surface area contributed by atoms with Gasteiger partial charge in [0.2, 0.25) is 11.7 Å². The number of likely N-dealkylation sites (tertiary alicyclic amines) is 1. The summed E-state index contributed by atoms with van der Waals surface area (Å²) in [6.07, 6.45) is 1.00. The molecule has 0 saturated carbocycles. The van der Waals surface area contributed by atoms with Crippen LogP contribution >= 0.6 is 0 Å². The average Bonchev–Trinajstić information content (AvgIpc) is 3.12. The van der Waals surface area contributed by atoms with Gasteiger partial charge in [0, 0.05) is 18.8 Å². The fraction of sp³-hybridized carbons (Fsp3) is 0.429. The van der Waals surface area contributed by atoms with E-state index in [9.17, 15) is 19.2 Å². The Hall–Kier alpha value is -3.36. The number of anilines is 1. The smallest absolute Gasteiger partial charge is 0.347 e. The molecular formula is C21H24N2O7. The minimum Gasteiger partial charge on any atom is -0.470 e. The number of piperidine rings is 1. The summed E-state index contributed by atoms with van der Waals surface area (Å²) in [7, 11) is 0. The monoisotopic (exact) mass is 416 g/mol. The second kappa shape index (κ2) is 9.91. The molecule has 2 aliphatic rings. The Balaban J connectivity index is 1.53. The first kappa shape index (κ1) is 21.4. The molecular weight excluding hydrogens is 392 g/mol. The van der Waals surface area contributed by atoms with Gasteiger partial charge in [0.25, 0.3) is 5.91 Å². The molecule has 0 aliphatic carbocycles. The quantitative estimate of drug-likeness (QED) is 0.522. The number of amides is 1. The Morgan fingerprint density at radius 2 is 1.83 bits per heavy atom. The molecule has 30 heavy (non-hydrogen) atoms. The van der Waals surface area contributed by atoms with Gasteiger partial charge in [-0.2, -0.15) is 0 Å². The Morgan fingerprint density at radius 3 is 2.50 bits per heavy atom. The first-order valence-corrected chi connectivity index (χ1v) is 9.83. The maximum Gasteiger partial charge on any atom is 0.347 e. The number of nitrogens with zero attached hydrogens (tertiary/aromatic N) is 1. The van der Waals surface area contributed by atoms with Crippen LogP contribution < -0.4 is 5.32 Å². The lowest BCUT2D eigenvalue weighted by Crippen LogP contribution is -2.42. The lowest BCUT2D eigenvalue weighted by molar-refractivity contribution is -0.153. The van der Waals surface area contributed by atoms with Crippen molar-refractivity contribution in [2.75, 3.05) is 38.2 Å². The van der Waals surface area contributed by atoms with E-state index < -0.39 is 18.4 Å². The molecule has 0 unspecified atom stereocenters. The molecule has 0 radical (unpaired) electrons. The largest absolute Gasteiger partial charge is 0.470 e. The van der Waals surface area contributed by atoms with Crippen molar-refractivity contribution in [2.24, 2.45) is 5.92 Å². The third-order valence-corrected chi connectivity index (χ3v) is 4.88. The Labute approximate surface area is 174 Å². The van der Waals surface area contributed by atoms with E-state index in [0.29, 0.717) is 38.2 Å². The summed E-state index contributed by atoms with van der Waals surface area (Å²) in [6, 6.07) is 8.93. The molecule has 1 aromatic rings. The molecule has 2 heterocycles. The van der Waals surface area contributed by atoms with Gasteiger partial charge in [-0.25, -0.2) is 4.79 Å². The van der Waals surface area contributed by atoms with Gasteiger partial charge in [0.15, 0.2) is 18.8 Å². The van der Waals surface area contributed by atoms with E-state index in [2.05, 4.69) is 5.32 Å². The van der Waals surface area contributed by atoms with Crippen LogP contribution in [0.5, 0.6) is 0 Å². The number of esters is 2. The molecule has 160 valence electrons. The van der Waals surface area contributed by atoms with Crippen LogP contribution in [-0.4, -0.2) is 61.4 Å². The van der Waals surface area contributed by atoms with E-state index in [-0.39, 0.29) is 35.9 Å². The number of benzene rings is 1. The van der Waals surface area contributed by atoms with Gasteiger partial charge < -0.3 is 24.4 Å². The Morgan fingerprint density at radius 1 is 1.13 bits per heavy atom. The van der Waals surface area contributed by atoms with E-state index in [1.807, 2.05) is 6.07 Å². The van der Waals surface area contributed by atoms with E-state index in [1.165, 1.54) is 4.90 Å². The highest BCUT2D eigenvalue weighted by molar-refractivity contribution is 6.20. The van der Waals surface area contributed by atoms with Crippen molar-refractivity contribution in [3.05, 3.63) is 41.8 Å². The molecule has 9 heteroatoms. The van der Waals surface area contributed by atoms with E-state index in [4.69, 9.17) is 14.2 Å². The van der Waals surface area contributed by atoms with Gasteiger partial charge in [-0.15, -0.1) is 0 Å². The predicted molar refractivity (Wildman–Crippen MR) is 105 cm³/mol. The van der Waals surface area contributed by atoms with Gasteiger partial charge in [0.1, 0.15) is 0 Å². The van der Waals surface area contributed by atoms with Gasteiger partial charge in [-0.3, -0.25) is 14.4 Å². The van der Waals surface area contributed by atoms with Crippen molar-refractivity contribution < 1.29 is 33.4 Å². The molecule has 1 N–H and O–H groups in total. The number of carbonyl (C=O) groups excluding carboxylic acids is 4. The number of ketones is 1. The topological polar surface area (TPSA) is 111 Å². The maximum absolute atomic E-state index is 12.4. The summed E-state index contributed by atoms with van der Waals surface area (Å²) in [5, 5.41) is 2.88. The van der Waals surface area contributed by atoms with Crippen LogP contribution in [0.3, 0.4) is 0 Å². The number of hydrogen-bond donors (Lipinski definition) is 1. The van der Waals surface area contributed by atoms with Crippen LogP contribution in [0, 0.1) is 5.92 Å². The maximum atomic E-state index is 12.4. The zero-order chi connectivity index (χ0) is 21.5. The third-order valence-electron chi connectivity index (χ3n) is 4.88. The van der Waals surface area contributed by atoms with Crippen molar-refractivity contribution >= 4 is 29.3 Å². The van der Waals surface area contributed by atoms with Crippen LogP contribution in [0.15, 0.2) is 41.8 Å². The fourth-order valence-electron chi connectivity index (χ4n) is 3.28. The number of nitrogens with one attached hydrogen (secondary N) is 1. The molecule has 0 atom stereocenters. The van der Waals surface area contributed by atoms with E-state index in [1.54, 1.807) is 31.2 Å². The molecule has 0 spiro atoms. The van der Waals surface area contributed by atoms with Crippen LogP contribution in [0.2, 0.25) is 0 Å². The second-order valence-electron chi connectivity index (χ2n) is 6.89. The summed E-state index contributed by atoms with van der Waals surface area (Å²) in [5.41, 5.74) is 0.403. The standard InChI is InChI=1S/C21H24N2O7/c1-2-28-20(26)14-8-10-23(11-9-14)17(25)13-30-21(27)18-16(24)12-29-19(18)22-15-6-4-3-5-7-15/h3-7,14,22H,2,8-13H2,1H3. The zero-order valence-electron chi connectivity index (χ0n) is 16.7. The Kier molecular flexibility index (Phi) is 7.05. The normalized spacial score (nSPS) is 16.8. The minimum atomic E-state index is -0.911. The molecule has 1 aromatic carbocycles. The first-order chi connectivity index (χ1) is 14.5. The highest BCUT2D eigenvalue weighted by atomic mass is 16.5. The zero-order valence-corrected chi connectivity index (χ0v) is 16.7. The number of hydrogen-bond acceptors (Lipinski definition) is 8. The fourth-order valence-corrected chi connectivity index (χ4v) is 3.28. The van der Waals surface area contributed by atoms with Gasteiger partial charge in [-0.1, -0.05) is 18.2 Å². The van der Waals surface area contributed by atoms with Crippen LogP contribution in [0.25, 0.3) is 0 Å². The van der Waals surface area contributed by atoms with Gasteiger partial charge >= 0.3 is 11.9 Å². The van der Waals surface area contributed by atoms with Crippen LogP contribution in [0.4, 0.5) is 5.69 Å². The van der Waals surface area contributed by atoms with Gasteiger partial charge in [-0.05, 0) is 31.9 Å². The number of para-hydroxylation sites is 1. The molecule has 0 bridgehead atoms. The number of rotatable bonds is 7. The number of ether oxygens (including phenoxy) is 3. The predicted octanol–water partition coefficient (Wildman–Crippen LogP) is 1.25. The lowest BCUT2D eigenvalue weighted by atomic mass is 9.97. The third kappa shape index (κ3) is 5.16. The van der Waals surface area contributed by atoms with E-state index >= 15 is 0 Å². The molecule has 2 aliphatic heterocycles. The van der Waals surface area contributed by atoms with Crippen molar-refractivity contribution in [3.8, 4) is 0 Å². The summed E-state index contributed by atoms with van der Waals surface area (Å²) < 4.78 is 15.3. The molecule has 3 rings (SSSR count). The molecule has 9 nitrogen and oxygen atoms in total.